The van der Waals surface area contributed by atoms with Gasteiger partial charge in [-0.05, 0) is 12.8 Å². The minimum atomic E-state index is -0.0751. The highest BCUT2D eigenvalue weighted by molar-refractivity contribution is 5.82. The highest BCUT2D eigenvalue weighted by Gasteiger charge is 2.38. The Bertz CT molecular complexity index is 279. The van der Waals surface area contributed by atoms with Crippen LogP contribution in [0.2, 0.25) is 0 Å². The van der Waals surface area contributed by atoms with Crippen molar-refractivity contribution in [1.29, 1.82) is 0 Å². The van der Waals surface area contributed by atoms with E-state index in [1.165, 1.54) is 19.3 Å². The molecule has 0 aromatic rings. The molecule has 1 saturated heterocycles. The third-order valence-electron chi connectivity index (χ3n) is 4.58. The molecule has 0 spiro atoms. The lowest BCUT2D eigenvalue weighted by Crippen LogP contribution is -2.53. The minimum absolute atomic E-state index is 0.0751. The molecule has 18 heavy (non-hydrogen) atoms. The summed E-state index contributed by atoms with van der Waals surface area (Å²) in [4.78, 5) is 17.1. The van der Waals surface area contributed by atoms with Crippen LogP contribution in [0.25, 0.3) is 0 Å². The van der Waals surface area contributed by atoms with Crippen LogP contribution in [-0.2, 0) is 4.79 Å². The molecule has 2 aliphatic rings. The van der Waals surface area contributed by atoms with E-state index in [1.54, 1.807) is 0 Å². The third kappa shape index (κ3) is 3.04. The summed E-state index contributed by atoms with van der Waals surface area (Å²) in [5.41, 5.74) is 5.49. The summed E-state index contributed by atoms with van der Waals surface area (Å²) >= 11 is 0. The SMILES string of the molecule is CC1(C(=O)N2CCN(CCN)CC2)CCCCC1. The standard InChI is InChI=1S/C14H27N3O/c1-14(5-3-2-4-6-14)13(18)17-11-9-16(8-7-15)10-12-17/h2-12,15H2,1H3. The number of carbonyl (C=O) groups is 1. The molecule has 2 fully saturated rings. The maximum atomic E-state index is 12.6. The number of hydrogen-bond acceptors (Lipinski definition) is 3. The molecular formula is C14H27N3O. The Morgan fingerprint density at radius 1 is 1.11 bits per heavy atom. The molecule has 0 atom stereocenters. The van der Waals surface area contributed by atoms with E-state index in [1.807, 2.05) is 0 Å². The fourth-order valence-electron chi connectivity index (χ4n) is 3.28. The monoisotopic (exact) mass is 253 g/mol. The fourth-order valence-corrected chi connectivity index (χ4v) is 3.28. The van der Waals surface area contributed by atoms with Gasteiger partial charge in [0.15, 0.2) is 0 Å². The third-order valence-corrected chi connectivity index (χ3v) is 4.58. The van der Waals surface area contributed by atoms with Gasteiger partial charge in [0, 0.05) is 44.7 Å². The van der Waals surface area contributed by atoms with Gasteiger partial charge in [-0.2, -0.15) is 0 Å². The Morgan fingerprint density at radius 2 is 1.72 bits per heavy atom. The predicted octanol–water partition coefficient (Wildman–Crippen LogP) is 1.06. The molecule has 4 heteroatoms. The van der Waals surface area contributed by atoms with Crippen LogP contribution in [-0.4, -0.2) is 55.0 Å². The topological polar surface area (TPSA) is 49.6 Å². The molecule has 0 aromatic carbocycles. The van der Waals surface area contributed by atoms with Crippen LogP contribution in [0.4, 0.5) is 0 Å². The van der Waals surface area contributed by atoms with Gasteiger partial charge >= 0.3 is 0 Å². The Kier molecular flexibility index (Phi) is 4.62. The van der Waals surface area contributed by atoms with Crippen LogP contribution in [0.15, 0.2) is 0 Å². The number of nitrogens with zero attached hydrogens (tertiary/aromatic N) is 2. The van der Waals surface area contributed by atoms with Gasteiger partial charge in [-0.15, -0.1) is 0 Å². The van der Waals surface area contributed by atoms with Crippen molar-refractivity contribution in [3.05, 3.63) is 0 Å². The fraction of sp³-hybridized carbons (Fsp3) is 0.929. The van der Waals surface area contributed by atoms with Crippen molar-refractivity contribution in [2.45, 2.75) is 39.0 Å². The van der Waals surface area contributed by atoms with Gasteiger partial charge in [-0.25, -0.2) is 0 Å². The van der Waals surface area contributed by atoms with Crippen LogP contribution < -0.4 is 5.73 Å². The molecular weight excluding hydrogens is 226 g/mol. The summed E-state index contributed by atoms with van der Waals surface area (Å²) < 4.78 is 0. The van der Waals surface area contributed by atoms with E-state index in [9.17, 15) is 4.79 Å². The number of rotatable bonds is 3. The first-order valence-corrected chi connectivity index (χ1v) is 7.37. The zero-order valence-electron chi connectivity index (χ0n) is 11.7. The first kappa shape index (κ1) is 13.8. The Hall–Kier alpha value is -0.610. The summed E-state index contributed by atoms with van der Waals surface area (Å²) in [5, 5.41) is 0. The van der Waals surface area contributed by atoms with Crippen LogP contribution in [0.5, 0.6) is 0 Å². The lowest BCUT2D eigenvalue weighted by Gasteiger charge is -2.41. The molecule has 0 bridgehead atoms. The molecule has 104 valence electrons. The highest BCUT2D eigenvalue weighted by Crippen LogP contribution is 2.37. The molecule has 1 heterocycles. The molecule has 2 rings (SSSR count). The smallest absolute Gasteiger partial charge is 0.228 e. The van der Waals surface area contributed by atoms with Crippen molar-refractivity contribution in [3.8, 4) is 0 Å². The van der Waals surface area contributed by atoms with Crippen molar-refractivity contribution in [2.24, 2.45) is 11.1 Å². The number of nitrogens with two attached hydrogens (primary N) is 1. The Morgan fingerprint density at radius 3 is 2.28 bits per heavy atom. The molecule has 0 unspecified atom stereocenters. The molecule has 1 aliphatic carbocycles. The van der Waals surface area contributed by atoms with Gasteiger partial charge in [0.25, 0.3) is 0 Å². The van der Waals surface area contributed by atoms with Gasteiger partial charge in [0.05, 0.1) is 0 Å². The van der Waals surface area contributed by atoms with E-state index in [-0.39, 0.29) is 5.41 Å². The van der Waals surface area contributed by atoms with Crippen molar-refractivity contribution >= 4 is 5.91 Å². The second-order valence-corrected chi connectivity index (χ2v) is 6.04. The molecule has 0 radical (unpaired) electrons. The summed E-state index contributed by atoms with van der Waals surface area (Å²) in [6, 6.07) is 0. The molecule has 1 amide bonds. The maximum Gasteiger partial charge on any atom is 0.228 e. The lowest BCUT2D eigenvalue weighted by molar-refractivity contribution is -0.144. The van der Waals surface area contributed by atoms with Crippen LogP contribution >= 0.6 is 0 Å². The number of hydrogen-bond donors (Lipinski definition) is 1. The van der Waals surface area contributed by atoms with Gasteiger partial charge in [0.2, 0.25) is 5.91 Å². The number of piperazine rings is 1. The summed E-state index contributed by atoms with van der Waals surface area (Å²) in [7, 11) is 0. The average molecular weight is 253 g/mol. The zero-order valence-corrected chi connectivity index (χ0v) is 11.7. The summed E-state index contributed by atoms with van der Waals surface area (Å²) in [6.45, 7) is 7.58. The summed E-state index contributed by atoms with van der Waals surface area (Å²) in [6.07, 6.45) is 5.89. The van der Waals surface area contributed by atoms with Crippen LogP contribution in [0.3, 0.4) is 0 Å². The second kappa shape index (κ2) is 6.02. The first-order valence-electron chi connectivity index (χ1n) is 7.37. The highest BCUT2D eigenvalue weighted by atomic mass is 16.2. The van der Waals surface area contributed by atoms with Crippen molar-refractivity contribution in [1.82, 2.24) is 9.80 Å². The first-order chi connectivity index (χ1) is 8.65. The largest absolute Gasteiger partial charge is 0.340 e. The lowest BCUT2D eigenvalue weighted by atomic mass is 9.74. The number of amides is 1. The van der Waals surface area contributed by atoms with Crippen molar-refractivity contribution in [3.63, 3.8) is 0 Å². The van der Waals surface area contributed by atoms with Crippen LogP contribution in [0.1, 0.15) is 39.0 Å². The molecule has 1 aliphatic heterocycles. The van der Waals surface area contributed by atoms with E-state index < -0.39 is 0 Å². The maximum absolute atomic E-state index is 12.6. The van der Waals surface area contributed by atoms with E-state index in [0.717, 1.165) is 45.6 Å². The summed E-state index contributed by atoms with van der Waals surface area (Å²) in [5.74, 6) is 0.398. The van der Waals surface area contributed by atoms with E-state index in [2.05, 4.69) is 16.7 Å². The van der Waals surface area contributed by atoms with Gasteiger partial charge in [0.1, 0.15) is 0 Å². The minimum Gasteiger partial charge on any atom is -0.340 e. The van der Waals surface area contributed by atoms with Crippen molar-refractivity contribution < 1.29 is 4.79 Å². The van der Waals surface area contributed by atoms with Gasteiger partial charge in [-0.3, -0.25) is 9.69 Å². The van der Waals surface area contributed by atoms with Crippen molar-refractivity contribution in [2.75, 3.05) is 39.3 Å². The average Bonchev–Trinajstić information content (AvgIpc) is 2.40. The second-order valence-electron chi connectivity index (χ2n) is 6.04. The van der Waals surface area contributed by atoms with Gasteiger partial charge < -0.3 is 10.6 Å². The molecule has 4 nitrogen and oxygen atoms in total. The quantitative estimate of drug-likeness (QED) is 0.818. The van der Waals surface area contributed by atoms with E-state index >= 15 is 0 Å². The van der Waals surface area contributed by atoms with E-state index in [4.69, 9.17) is 5.73 Å². The molecule has 2 N–H and O–H groups in total. The van der Waals surface area contributed by atoms with Gasteiger partial charge in [-0.1, -0.05) is 26.2 Å². The Balaban J connectivity index is 1.86. The normalized spacial score (nSPS) is 25.1. The molecule has 0 aromatic heterocycles. The Labute approximate surface area is 110 Å². The number of carbonyl (C=O) groups excluding carboxylic acids is 1. The molecule has 1 saturated carbocycles. The predicted molar refractivity (Wildman–Crippen MR) is 73.3 cm³/mol. The van der Waals surface area contributed by atoms with Crippen LogP contribution in [0, 0.1) is 5.41 Å². The van der Waals surface area contributed by atoms with E-state index in [0.29, 0.717) is 12.5 Å². The zero-order chi connectivity index (χ0) is 13.0.